The third kappa shape index (κ3) is 7.31. The van der Waals surface area contributed by atoms with E-state index in [1.165, 1.54) is 25.4 Å². The number of hydrogen-bond acceptors (Lipinski definition) is 9. The summed E-state index contributed by atoms with van der Waals surface area (Å²) in [6.45, 7) is -0.369. The van der Waals surface area contributed by atoms with E-state index in [2.05, 4.69) is 30.1 Å². The van der Waals surface area contributed by atoms with Crippen LogP contribution in [0.4, 0.5) is 36.4 Å². The fourth-order valence-corrected chi connectivity index (χ4v) is 3.71. The Kier molecular flexibility index (Phi) is 8.40. The van der Waals surface area contributed by atoms with Gasteiger partial charge < -0.3 is 10.6 Å². The molecule has 16 heteroatoms. The van der Waals surface area contributed by atoms with Crippen molar-refractivity contribution < 1.29 is 35.6 Å². The number of hydrogen-bond donors (Lipinski definition) is 3. The average Bonchev–Trinajstić information content (AvgIpc) is 2.80. The number of rotatable bonds is 10. The molecule has 0 radical (unpaired) electrons. The SMILES string of the molecule is CN(c1ncccc1CNc1nc(Nc2cccc(CO[P+](=O)O)c2)ncc1C(F)(F)F)S(C)(=O)=O. The summed E-state index contributed by atoms with van der Waals surface area (Å²) in [7, 11) is -5.16. The van der Waals surface area contributed by atoms with Gasteiger partial charge >= 0.3 is 14.4 Å². The summed E-state index contributed by atoms with van der Waals surface area (Å²) in [6.07, 6.45) is -1.80. The maximum absolute atomic E-state index is 13.6. The van der Waals surface area contributed by atoms with Crippen molar-refractivity contribution in [1.29, 1.82) is 0 Å². The molecule has 0 aliphatic rings. The van der Waals surface area contributed by atoms with Crippen LogP contribution < -0.4 is 14.9 Å². The van der Waals surface area contributed by atoms with Crippen LogP contribution in [-0.4, -0.2) is 41.6 Å². The normalized spacial score (nSPS) is 12.2. The molecule has 0 spiro atoms. The third-order valence-corrected chi connectivity index (χ3v) is 6.25. The van der Waals surface area contributed by atoms with E-state index in [1.54, 1.807) is 24.3 Å². The van der Waals surface area contributed by atoms with E-state index in [9.17, 15) is 26.2 Å². The molecule has 36 heavy (non-hydrogen) atoms. The van der Waals surface area contributed by atoms with Crippen LogP contribution in [-0.2, 0) is 38.4 Å². The molecule has 0 bridgehead atoms. The van der Waals surface area contributed by atoms with Crippen molar-refractivity contribution in [1.82, 2.24) is 15.0 Å². The number of benzene rings is 1. The molecule has 0 saturated carbocycles. The number of nitrogens with zero attached hydrogens (tertiary/aromatic N) is 4. The van der Waals surface area contributed by atoms with Gasteiger partial charge in [-0.05, 0) is 23.8 Å². The minimum atomic E-state index is -4.76. The van der Waals surface area contributed by atoms with Crippen LogP contribution in [0.1, 0.15) is 16.7 Å². The minimum Gasteiger partial charge on any atom is -0.365 e. The molecule has 1 aromatic carbocycles. The van der Waals surface area contributed by atoms with Gasteiger partial charge in [-0.2, -0.15) is 18.2 Å². The van der Waals surface area contributed by atoms with Gasteiger partial charge in [-0.3, -0.25) is 4.31 Å². The molecule has 0 amide bonds. The van der Waals surface area contributed by atoms with Crippen LogP contribution in [0.5, 0.6) is 0 Å². The third-order valence-electron chi connectivity index (χ3n) is 4.73. The van der Waals surface area contributed by atoms with Crippen molar-refractivity contribution in [2.75, 3.05) is 28.2 Å². The second-order valence-electron chi connectivity index (χ2n) is 7.36. The molecule has 3 rings (SSSR count). The molecule has 0 saturated heterocycles. The number of sulfonamides is 1. The molecule has 3 aromatic rings. The average molecular weight is 545 g/mol. The number of halogens is 3. The molecular weight excluding hydrogens is 524 g/mol. The summed E-state index contributed by atoms with van der Waals surface area (Å²) in [6, 6.07) is 9.44. The van der Waals surface area contributed by atoms with Crippen LogP contribution in [0, 0.1) is 0 Å². The highest BCUT2D eigenvalue weighted by atomic mass is 32.2. The van der Waals surface area contributed by atoms with Crippen LogP contribution >= 0.6 is 8.25 Å². The van der Waals surface area contributed by atoms with Gasteiger partial charge in [0.1, 0.15) is 23.8 Å². The van der Waals surface area contributed by atoms with Gasteiger partial charge in [-0.25, -0.2) is 18.4 Å². The summed E-state index contributed by atoms with van der Waals surface area (Å²) < 4.78 is 80.9. The highest BCUT2D eigenvalue weighted by molar-refractivity contribution is 7.92. The molecule has 192 valence electrons. The second kappa shape index (κ2) is 11.1. The van der Waals surface area contributed by atoms with Gasteiger partial charge in [-0.1, -0.05) is 18.2 Å². The first kappa shape index (κ1) is 27.2. The number of nitrogens with one attached hydrogen (secondary N) is 2. The molecule has 11 nitrogen and oxygen atoms in total. The van der Waals surface area contributed by atoms with Crippen LogP contribution in [0.15, 0.2) is 48.8 Å². The Morgan fingerprint density at radius 2 is 1.94 bits per heavy atom. The van der Waals surface area contributed by atoms with Crippen molar-refractivity contribution in [2.24, 2.45) is 0 Å². The highest BCUT2D eigenvalue weighted by Crippen LogP contribution is 2.34. The number of alkyl halides is 3. The molecular formula is C20H21F3N6O5PS+. The predicted octanol–water partition coefficient (Wildman–Crippen LogP) is 3.81. The summed E-state index contributed by atoms with van der Waals surface area (Å²) in [5.41, 5.74) is 0.131. The zero-order chi connectivity index (χ0) is 26.5. The van der Waals surface area contributed by atoms with E-state index < -0.39 is 35.8 Å². The van der Waals surface area contributed by atoms with E-state index in [0.29, 0.717) is 23.0 Å². The second-order valence-corrected chi connectivity index (χ2v) is 10.1. The molecule has 1 atom stereocenters. The Bertz CT molecular complexity index is 1360. The molecule has 0 fully saturated rings. The summed E-state index contributed by atoms with van der Waals surface area (Å²) in [4.78, 5) is 20.5. The van der Waals surface area contributed by atoms with E-state index in [-0.39, 0.29) is 24.9 Å². The van der Waals surface area contributed by atoms with Crippen molar-refractivity contribution >= 4 is 41.5 Å². The van der Waals surface area contributed by atoms with Gasteiger partial charge in [0.25, 0.3) is 0 Å². The molecule has 0 aliphatic carbocycles. The topological polar surface area (TPSA) is 147 Å². The van der Waals surface area contributed by atoms with Crippen molar-refractivity contribution in [3.05, 3.63) is 65.5 Å². The van der Waals surface area contributed by atoms with Crippen molar-refractivity contribution in [3.63, 3.8) is 0 Å². The molecule has 1 unspecified atom stereocenters. The number of anilines is 4. The maximum atomic E-state index is 13.6. The Hall–Kier alpha value is -3.39. The molecule has 3 N–H and O–H groups in total. The monoisotopic (exact) mass is 545 g/mol. The first-order valence-electron chi connectivity index (χ1n) is 10.1. The summed E-state index contributed by atoms with van der Waals surface area (Å²) >= 11 is 0. The Morgan fingerprint density at radius 1 is 1.19 bits per heavy atom. The van der Waals surface area contributed by atoms with Gasteiger partial charge in [-0.15, -0.1) is 9.42 Å². The van der Waals surface area contributed by atoms with Gasteiger partial charge in [0.2, 0.25) is 16.0 Å². The largest absolute Gasteiger partial charge is 0.695 e. The first-order valence-corrected chi connectivity index (χ1v) is 13.0. The Morgan fingerprint density at radius 3 is 2.61 bits per heavy atom. The van der Waals surface area contributed by atoms with Crippen LogP contribution in [0.2, 0.25) is 0 Å². The van der Waals surface area contributed by atoms with E-state index in [0.717, 1.165) is 10.6 Å². The lowest BCUT2D eigenvalue weighted by atomic mass is 10.2. The van der Waals surface area contributed by atoms with Gasteiger partial charge in [0, 0.05) is 41.8 Å². The molecule has 0 aliphatic heterocycles. The van der Waals surface area contributed by atoms with Crippen molar-refractivity contribution in [2.45, 2.75) is 19.3 Å². The summed E-state index contributed by atoms with van der Waals surface area (Å²) in [5, 5.41) is 5.38. The van der Waals surface area contributed by atoms with E-state index in [4.69, 9.17) is 4.89 Å². The summed E-state index contributed by atoms with van der Waals surface area (Å²) in [5.74, 6) is -0.637. The van der Waals surface area contributed by atoms with Crippen LogP contribution in [0.25, 0.3) is 0 Å². The fraction of sp³-hybridized carbons (Fsp3) is 0.250. The van der Waals surface area contributed by atoms with Gasteiger partial charge in [0.05, 0.1) is 6.26 Å². The smallest absolute Gasteiger partial charge is 0.365 e. The predicted molar refractivity (Wildman–Crippen MR) is 126 cm³/mol. The lowest BCUT2D eigenvalue weighted by Gasteiger charge is -2.20. The van der Waals surface area contributed by atoms with Gasteiger partial charge in [0.15, 0.2) is 0 Å². The molecule has 2 aromatic heterocycles. The van der Waals surface area contributed by atoms with Crippen LogP contribution in [0.3, 0.4) is 0 Å². The lowest BCUT2D eigenvalue weighted by molar-refractivity contribution is -0.137. The lowest BCUT2D eigenvalue weighted by Crippen LogP contribution is -2.27. The molecule has 2 heterocycles. The quantitative estimate of drug-likeness (QED) is 0.322. The van der Waals surface area contributed by atoms with E-state index in [1.807, 2.05) is 0 Å². The number of aromatic nitrogens is 3. The zero-order valence-electron chi connectivity index (χ0n) is 18.9. The fourth-order valence-electron chi connectivity index (χ4n) is 2.97. The highest BCUT2D eigenvalue weighted by Gasteiger charge is 2.35. The minimum absolute atomic E-state index is 0.0529. The Balaban J connectivity index is 1.87. The Labute approximate surface area is 205 Å². The van der Waals surface area contributed by atoms with Crippen molar-refractivity contribution in [3.8, 4) is 0 Å². The zero-order valence-corrected chi connectivity index (χ0v) is 20.6. The van der Waals surface area contributed by atoms with E-state index >= 15 is 0 Å². The first-order chi connectivity index (χ1) is 16.8. The maximum Gasteiger partial charge on any atom is 0.695 e. The number of pyridine rings is 1. The standard InChI is InChI=1S/C20H20F3N6O5PS/c1-29(36(2,32)33)18-14(6-4-8-24-18)10-25-17-16(20(21,22)23)11-26-19(28-17)27-15-7-3-5-13(9-15)12-34-35(30)31/h3-9,11H,10,12H2,1-2H3,(H2-,25,26,27,28,30,31)/p+1.